The van der Waals surface area contributed by atoms with Crippen LogP contribution in [0.1, 0.15) is 44.8 Å². The van der Waals surface area contributed by atoms with Crippen LogP contribution < -0.4 is 5.32 Å². The highest BCUT2D eigenvalue weighted by Crippen LogP contribution is 2.19. The molecule has 0 radical (unpaired) electrons. The molecule has 1 fully saturated rings. The molecule has 19 heavy (non-hydrogen) atoms. The van der Waals surface area contributed by atoms with Gasteiger partial charge in [0.25, 0.3) is 0 Å². The maximum atomic E-state index is 12.9. The van der Waals surface area contributed by atoms with Crippen LogP contribution in [0.15, 0.2) is 18.3 Å². The zero-order valence-corrected chi connectivity index (χ0v) is 11.9. The first kappa shape index (κ1) is 14.4. The van der Waals surface area contributed by atoms with Crippen LogP contribution in [0.5, 0.6) is 0 Å². The minimum atomic E-state index is -0.269. The number of pyridine rings is 1. The van der Waals surface area contributed by atoms with Gasteiger partial charge in [-0.25, -0.2) is 4.39 Å². The largest absolute Gasteiger partial charge is 0.306 e. The van der Waals surface area contributed by atoms with Crippen LogP contribution in [0.4, 0.5) is 4.39 Å². The minimum absolute atomic E-state index is 0.235. The summed E-state index contributed by atoms with van der Waals surface area (Å²) in [5.74, 6) is -0.269. The summed E-state index contributed by atoms with van der Waals surface area (Å²) in [6.45, 7) is 7.83. The molecule has 0 bridgehead atoms. The molecule has 106 valence electrons. The van der Waals surface area contributed by atoms with E-state index in [1.54, 1.807) is 6.07 Å². The number of aromatic nitrogens is 1. The summed E-state index contributed by atoms with van der Waals surface area (Å²) in [5, 5.41) is 3.67. The van der Waals surface area contributed by atoms with Gasteiger partial charge in [0.05, 0.1) is 11.9 Å². The van der Waals surface area contributed by atoms with Crippen LogP contribution in [-0.2, 0) is 0 Å². The minimum Gasteiger partial charge on any atom is -0.306 e. The lowest BCUT2D eigenvalue weighted by Crippen LogP contribution is -2.43. The van der Waals surface area contributed by atoms with Crippen LogP contribution in [0.2, 0.25) is 0 Å². The normalized spacial score (nSPS) is 19.5. The Morgan fingerprint density at radius 1 is 1.37 bits per heavy atom. The highest BCUT2D eigenvalue weighted by Gasteiger charge is 2.21. The van der Waals surface area contributed by atoms with E-state index in [9.17, 15) is 4.39 Å². The molecule has 2 heterocycles. The van der Waals surface area contributed by atoms with Gasteiger partial charge < -0.3 is 10.2 Å². The van der Waals surface area contributed by atoms with Crippen molar-refractivity contribution in [3.05, 3.63) is 29.8 Å². The van der Waals surface area contributed by atoms with E-state index in [1.165, 1.54) is 38.2 Å². The van der Waals surface area contributed by atoms with Crippen molar-refractivity contribution in [1.29, 1.82) is 0 Å². The first-order chi connectivity index (χ1) is 9.22. The maximum Gasteiger partial charge on any atom is 0.141 e. The summed E-state index contributed by atoms with van der Waals surface area (Å²) in [6, 6.07) is 4.07. The third kappa shape index (κ3) is 3.98. The predicted octanol–water partition coefficient (Wildman–Crippen LogP) is 2.75. The highest BCUT2D eigenvalue weighted by molar-refractivity contribution is 5.10. The van der Waals surface area contributed by atoms with Crippen LogP contribution >= 0.6 is 0 Å². The highest BCUT2D eigenvalue weighted by atomic mass is 19.1. The van der Waals surface area contributed by atoms with Crippen molar-refractivity contribution in [3.8, 4) is 0 Å². The molecule has 0 spiro atoms. The van der Waals surface area contributed by atoms with Gasteiger partial charge >= 0.3 is 0 Å². The van der Waals surface area contributed by atoms with E-state index >= 15 is 0 Å². The summed E-state index contributed by atoms with van der Waals surface area (Å²) >= 11 is 0. The first-order valence-corrected chi connectivity index (χ1v) is 7.32. The van der Waals surface area contributed by atoms with Crippen LogP contribution in [0.25, 0.3) is 0 Å². The number of hydrogen-bond donors (Lipinski definition) is 1. The molecule has 1 saturated heterocycles. The Morgan fingerprint density at radius 3 is 2.63 bits per heavy atom. The molecular weight excluding hydrogens is 241 g/mol. The fourth-order valence-electron chi connectivity index (χ4n) is 2.71. The lowest BCUT2D eigenvalue weighted by molar-refractivity contribution is 0.197. The number of halogens is 1. The van der Waals surface area contributed by atoms with Gasteiger partial charge in [0.1, 0.15) is 5.82 Å². The molecule has 1 aromatic heterocycles. The summed E-state index contributed by atoms with van der Waals surface area (Å²) in [5.41, 5.74) is 0.946. The standard InChI is InChI=1S/C15H24FN3/c1-3-14(15-6-5-12(16)11-17-15)18-13-7-9-19(4-2)10-8-13/h5-6,11,13-14,18H,3-4,7-10H2,1-2H3. The molecule has 1 unspecified atom stereocenters. The van der Waals surface area contributed by atoms with E-state index in [1.807, 2.05) is 0 Å². The molecule has 1 aromatic rings. The number of piperidine rings is 1. The molecular formula is C15H24FN3. The summed E-state index contributed by atoms with van der Waals surface area (Å²) < 4.78 is 12.9. The predicted molar refractivity (Wildman–Crippen MR) is 75.5 cm³/mol. The van der Waals surface area contributed by atoms with E-state index < -0.39 is 0 Å². The molecule has 0 amide bonds. The van der Waals surface area contributed by atoms with Crippen molar-refractivity contribution < 1.29 is 4.39 Å². The first-order valence-electron chi connectivity index (χ1n) is 7.32. The second kappa shape index (κ2) is 6.96. The van der Waals surface area contributed by atoms with Crippen LogP contribution in [0, 0.1) is 5.82 Å². The SMILES string of the molecule is CCC(NC1CCN(CC)CC1)c1ccc(F)cn1. The van der Waals surface area contributed by atoms with E-state index in [0.717, 1.165) is 18.7 Å². The van der Waals surface area contributed by atoms with Crippen molar-refractivity contribution >= 4 is 0 Å². The Hall–Kier alpha value is -1.00. The maximum absolute atomic E-state index is 12.9. The lowest BCUT2D eigenvalue weighted by Gasteiger charge is -2.33. The topological polar surface area (TPSA) is 28.2 Å². The summed E-state index contributed by atoms with van der Waals surface area (Å²) in [7, 11) is 0. The van der Waals surface area contributed by atoms with E-state index in [0.29, 0.717) is 6.04 Å². The molecule has 1 N–H and O–H groups in total. The van der Waals surface area contributed by atoms with Gasteiger partial charge in [0.15, 0.2) is 0 Å². The third-order valence-electron chi connectivity index (χ3n) is 3.99. The monoisotopic (exact) mass is 265 g/mol. The van der Waals surface area contributed by atoms with Gasteiger partial charge in [-0.2, -0.15) is 0 Å². The number of nitrogens with zero attached hydrogens (tertiary/aromatic N) is 2. The number of rotatable bonds is 5. The van der Waals surface area contributed by atoms with E-state index in [2.05, 4.69) is 29.0 Å². The molecule has 0 saturated carbocycles. The lowest BCUT2D eigenvalue weighted by atomic mass is 10.0. The zero-order valence-electron chi connectivity index (χ0n) is 11.9. The Morgan fingerprint density at radius 2 is 2.11 bits per heavy atom. The summed E-state index contributed by atoms with van der Waals surface area (Å²) in [4.78, 5) is 6.68. The second-order valence-corrected chi connectivity index (χ2v) is 5.24. The Labute approximate surface area is 115 Å². The third-order valence-corrected chi connectivity index (χ3v) is 3.99. The Kier molecular flexibility index (Phi) is 5.28. The van der Waals surface area contributed by atoms with Crippen molar-refractivity contribution in [2.45, 2.75) is 45.2 Å². The van der Waals surface area contributed by atoms with Crippen molar-refractivity contribution in [3.63, 3.8) is 0 Å². The smallest absolute Gasteiger partial charge is 0.141 e. The van der Waals surface area contributed by atoms with Gasteiger partial charge in [-0.05, 0) is 51.0 Å². The van der Waals surface area contributed by atoms with Gasteiger partial charge in [-0.15, -0.1) is 0 Å². The van der Waals surface area contributed by atoms with Crippen LogP contribution in [0.3, 0.4) is 0 Å². The number of likely N-dealkylation sites (tertiary alicyclic amines) is 1. The molecule has 0 aromatic carbocycles. The average molecular weight is 265 g/mol. The average Bonchev–Trinajstić information content (AvgIpc) is 2.46. The van der Waals surface area contributed by atoms with E-state index in [4.69, 9.17) is 0 Å². The number of hydrogen-bond acceptors (Lipinski definition) is 3. The van der Waals surface area contributed by atoms with Gasteiger partial charge in [-0.1, -0.05) is 13.8 Å². The molecule has 2 rings (SSSR count). The fraction of sp³-hybridized carbons (Fsp3) is 0.667. The number of nitrogens with one attached hydrogen (secondary N) is 1. The fourth-order valence-corrected chi connectivity index (χ4v) is 2.71. The molecule has 0 aliphatic carbocycles. The second-order valence-electron chi connectivity index (χ2n) is 5.24. The molecule has 4 heteroatoms. The molecule has 1 aliphatic heterocycles. The van der Waals surface area contributed by atoms with Crippen molar-refractivity contribution in [2.75, 3.05) is 19.6 Å². The quantitative estimate of drug-likeness (QED) is 0.887. The van der Waals surface area contributed by atoms with Crippen molar-refractivity contribution in [1.82, 2.24) is 15.2 Å². The van der Waals surface area contributed by atoms with Gasteiger partial charge in [0, 0.05) is 12.1 Å². The van der Waals surface area contributed by atoms with E-state index in [-0.39, 0.29) is 11.9 Å². The van der Waals surface area contributed by atoms with Crippen LogP contribution in [-0.4, -0.2) is 35.6 Å². The molecule has 1 aliphatic rings. The molecule has 3 nitrogen and oxygen atoms in total. The van der Waals surface area contributed by atoms with Gasteiger partial charge in [-0.3, -0.25) is 4.98 Å². The Balaban J connectivity index is 1.91. The Bertz CT molecular complexity index is 371. The molecule has 1 atom stereocenters. The van der Waals surface area contributed by atoms with Gasteiger partial charge in [0.2, 0.25) is 0 Å². The summed E-state index contributed by atoms with van der Waals surface area (Å²) in [6.07, 6.45) is 4.66. The zero-order chi connectivity index (χ0) is 13.7. The van der Waals surface area contributed by atoms with Crippen molar-refractivity contribution in [2.24, 2.45) is 0 Å².